The van der Waals surface area contributed by atoms with E-state index in [-0.39, 0.29) is 48.8 Å². The molecule has 1 amide bonds. The van der Waals surface area contributed by atoms with Gasteiger partial charge in [-0.25, -0.2) is 4.79 Å². The van der Waals surface area contributed by atoms with E-state index in [9.17, 15) is 24.9 Å². The second-order valence-corrected chi connectivity index (χ2v) is 7.32. The summed E-state index contributed by atoms with van der Waals surface area (Å²) in [6.07, 6.45) is -0.461. The molecule has 0 aromatic heterocycles. The number of carbonyl (C=O) groups is 2. The molecule has 0 saturated carbocycles. The number of phenolic OH excluding ortho intramolecular Hbond substituents is 1. The lowest BCUT2D eigenvalue weighted by Crippen LogP contribution is -2.58. The number of nitrogens with zero attached hydrogens (tertiary/aromatic N) is 1. The Kier molecular flexibility index (Phi) is 6.69. The number of aryl methyl sites for hydroxylation is 1. The SMILES string of the molecule is N[C@@H](C(=O)N1CC(Oc2ccc(CCB(O)O)c(O)c2C(=O)O)C1)c1ccc(O)cc1. The maximum Gasteiger partial charge on any atom is 0.451 e. The fourth-order valence-electron chi connectivity index (χ4n) is 3.30. The van der Waals surface area contributed by atoms with Crippen LogP contribution in [-0.2, 0) is 11.2 Å². The van der Waals surface area contributed by atoms with E-state index in [4.69, 9.17) is 20.5 Å². The van der Waals surface area contributed by atoms with E-state index in [0.29, 0.717) is 5.56 Å². The molecular weight excluding hydrogens is 407 g/mol. The van der Waals surface area contributed by atoms with Crippen LogP contribution in [0, 0.1) is 0 Å². The highest BCUT2D eigenvalue weighted by atomic mass is 16.5. The Morgan fingerprint density at radius 2 is 1.77 bits per heavy atom. The first-order valence-corrected chi connectivity index (χ1v) is 9.61. The molecule has 10 nitrogen and oxygen atoms in total. The van der Waals surface area contributed by atoms with Crippen molar-refractivity contribution < 1.29 is 39.7 Å². The van der Waals surface area contributed by atoms with Gasteiger partial charge in [0, 0.05) is 0 Å². The Labute approximate surface area is 178 Å². The van der Waals surface area contributed by atoms with Crippen LogP contribution in [0.25, 0.3) is 0 Å². The van der Waals surface area contributed by atoms with E-state index in [0.717, 1.165) is 0 Å². The normalized spacial score (nSPS) is 14.6. The number of aromatic carboxylic acids is 1. The largest absolute Gasteiger partial charge is 0.508 e. The number of aromatic hydroxyl groups is 2. The van der Waals surface area contributed by atoms with Gasteiger partial charge in [0.15, 0.2) is 0 Å². The molecule has 11 heteroatoms. The lowest BCUT2D eigenvalue weighted by Gasteiger charge is -2.40. The first kappa shape index (κ1) is 22.4. The average molecular weight is 430 g/mol. The fourth-order valence-corrected chi connectivity index (χ4v) is 3.30. The number of ether oxygens (including phenoxy) is 1. The summed E-state index contributed by atoms with van der Waals surface area (Å²) in [5.74, 6) is -2.19. The van der Waals surface area contributed by atoms with Gasteiger partial charge in [-0.15, -0.1) is 0 Å². The number of likely N-dealkylation sites (tertiary alicyclic amines) is 1. The van der Waals surface area contributed by atoms with Gasteiger partial charge in [-0.05, 0) is 42.1 Å². The molecule has 0 unspecified atom stereocenters. The minimum atomic E-state index is -1.57. The molecule has 7 N–H and O–H groups in total. The van der Waals surface area contributed by atoms with Gasteiger partial charge < -0.3 is 40.7 Å². The van der Waals surface area contributed by atoms with Gasteiger partial charge >= 0.3 is 13.1 Å². The molecule has 1 atom stereocenters. The summed E-state index contributed by atoms with van der Waals surface area (Å²) in [6.45, 7) is 0.395. The highest BCUT2D eigenvalue weighted by Gasteiger charge is 2.36. The van der Waals surface area contributed by atoms with Crippen molar-refractivity contribution >= 4 is 19.0 Å². The number of nitrogens with two attached hydrogens (primary N) is 1. The van der Waals surface area contributed by atoms with Crippen molar-refractivity contribution in [3.8, 4) is 17.2 Å². The topological polar surface area (TPSA) is 174 Å². The van der Waals surface area contributed by atoms with Crippen LogP contribution in [0.15, 0.2) is 36.4 Å². The second kappa shape index (κ2) is 9.25. The van der Waals surface area contributed by atoms with Gasteiger partial charge in [0.1, 0.15) is 35.0 Å². The summed E-state index contributed by atoms with van der Waals surface area (Å²) < 4.78 is 5.68. The number of benzene rings is 2. The summed E-state index contributed by atoms with van der Waals surface area (Å²) in [5.41, 5.74) is 6.37. The summed E-state index contributed by atoms with van der Waals surface area (Å²) in [7, 11) is -1.57. The number of rotatable bonds is 8. The molecule has 2 aromatic carbocycles. The van der Waals surface area contributed by atoms with E-state index < -0.39 is 36.5 Å². The third-order valence-electron chi connectivity index (χ3n) is 5.08. The van der Waals surface area contributed by atoms with Crippen LogP contribution in [0.5, 0.6) is 17.2 Å². The Morgan fingerprint density at radius 1 is 1.13 bits per heavy atom. The van der Waals surface area contributed by atoms with E-state index >= 15 is 0 Å². The van der Waals surface area contributed by atoms with E-state index in [2.05, 4.69) is 0 Å². The van der Waals surface area contributed by atoms with Crippen LogP contribution >= 0.6 is 0 Å². The standard InChI is InChI=1S/C20H23BN2O8/c22-17(11-1-4-13(24)5-2-11)19(26)23-9-14(10-23)31-15-6-3-12(7-8-21(29)30)18(25)16(15)20(27)28/h1-6,14,17,24-25,29-30H,7-10,22H2,(H,27,28)/t17-/m1/s1. The zero-order valence-corrected chi connectivity index (χ0v) is 16.5. The predicted molar refractivity (Wildman–Crippen MR) is 110 cm³/mol. The molecule has 0 bridgehead atoms. The van der Waals surface area contributed by atoms with Gasteiger partial charge in [-0.1, -0.05) is 18.2 Å². The summed E-state index contributed by atoms with van der Waals surface area (Å²) in [5, 5.41) is 47.0. The number of hydrogen-bond acceptors (Lipinski definition) is 8. The van der Waals surface area contributed by atoms with Crippen LogP contribution in [0.3, 0.4) is 0 Å². The zero-order valence-electron chi connectivity index (χ0n) is 16.5. The molecule has 0 aliphatic carbocycles. The number of carbonyl (C=O) groups excluding carboxylic acids is 1. The Balaban J connectivity index is 1.64. The summed E-state index contributed by atoms with van der Waals surface area (Å²) >= 11 is 0. The van der Waals surface area contributed by atoms with Crippen LogP contribution in [0.1, 0.15) is 27.5 Å². The van der Waals surface area contributed by atoms with Gasteiger partial charge in [0.25, 0.3) is 0 Å². The zero-order chi connectivity index (χ0) is 22.7. The lowest BCUT2D eigenvalue weighted by molar-refractivity contribution is -0.141. The predicted octanol–water partition coefficient (Wildman–Crippen LogP) is 0.101. The Morgan fingerprint density at radius 3 is 2.35 bits per heavy atom. The summed E-state index contributed by atoms with van der Waals surface area (Å²) in [6, 6.07) is 7.96. The number of carboxylic acids is 1. The maximum atomic E-state index is 12.5. The second-order valence-electron chi connectivity index (χ2n) is 7.32. The van der Waals surface area contributed by atoms with Crippen molar-refractivity contribution in [3.05, 3.63) is 53.1 Å². The first-order valence-electron chi connectivity index (χ1n) is 9.61. The molecule has 31 heavy (non-hydrogen) atoms. The quantitative estimate of drug-likeness (QED) is 0.318. The van der Waals surface area contributed by atoms with Crippen molar-refractivity contribution in [1.29, 1.82) is 0 Å². The molecule has 3 rings (SSSR count). The Hall–Kier alpha value is -3.28. The van der Waals surface area contributed by atoms with E-state index in [1.165, 1.54) is 29.2 Å². The average Bonchev–Trinajstić information content (AvgIpc) is 2.68. The number of phenols is 2. The van der Waals surface area contributed by atoms with Crippen molar-refractivity contribution in [1.82, 2.24) is 4.90 Å². The van der Waals surface area contributed by atoms with Gasteiger partial charge in [-0.2, -0.15) is 0 Å². The first-order chi connectivity index (χ1) is 14.7. The molecular formula is C20H23BN2O8. The molecule has 1 heterocycles. The van der Waals surface area contributed by atoms with Gasteiger partial charge in [0.05, 0.1) is 13.1 Å². The van der Waals surface area contributed by atoms with E-state index in [1.54, 1.807) is 12.1 Å². The molecule has 0 radical (unpaired) electrons. The maximum absolute atomic E-state index is 12.5. The molecule has 1 aliphatic heterocycles. The minimum Gasteiger partial charge on any atom is -0.508 e. The minimum absolute atomic E-state index is 0.0433. The number of amides is 1. The highest BCUT2D eigenvalue weighted by Crippen LogP contribution is 2.34. The smallest absolute Gasteiger partial charge is 0.451 e. The van der Waals surface area contributed by atoms with Crippen LogP contribution in [0.2, 0.25) is 6.32 Å². The molecule has 2 aromatic rings. The van der Waals surface area contributed by atoms with Crippen molar-refractivity contribution in [2.24, 2.45) is 5.73 Å². The third kappa shape index (κ3) is 5.08. The Bertz CT molecular complexity index is 960. The third-order valence-corrected chi connectivity index (χ3v) is 5.08. The van der Waals surface area contributed by atoms with Crippen LogP contribution in [-0.4, -0.2) is 68.5 Å². The van der Waals surface area contributed by atoms with Gasteiger partial charge in [-0.3, -0.25) is 4.79 Å². The molecule has 0 spiro atoms. The number of carboxylic acid groups (broad SMARTS) is 1. The highest BCUT2D eigenvalue weighted by molar-refractivity contribution is 6.41. The molecule has 1 aliphatic rings. The summed E-state index contributed by atoms with van der Waals surface area (Å²) in [4.78, 5) is 25.6. The van der Waals surface area contributed by atoms with E-state index in [1.807, 2.05) is 0 Å². The van der Waals surface area contributed by atoms with Crippen molar-refractivity contribution in [2.45, 2.75) is 24.9 Å². The fraction of sp³-hybridized carbons (Fsp3) is 0.300. The van der Waals surface area contributed by atoms with Crippen molar-refractivity contribution in [2.75, 3.05) is 13.1 Å². The van der Waals surface area contributed by atoms with Crippen molar-refractivity contribution in [3.63, 3.8) is 0 Å². The monoisotopic (exact) mass is 430 g/mol. The number of hydrogen-bond donors (Lipinski definition) is 6. The van der Waals surface area contributed by atoms with Gasteiger partial charge in [0.2, 0.25) is 5.91 Å². The molecule has 164 valence electrons. The molecule has 1 fully saturated rings. The molecule has 1 saturated heterocycles. The lowest BCUT2D eigenvalue weighted by atomic mass is 9.82. The van der Waals surface area contributed by atoms with Crippen LogP contribution < -0.4 is 10.5 Å². The van der Waals surface area contributed by atoms with Crippen LogP contribution in [0.4, 0.5) is 0 Å².